The number of benzene rings is 1. The summed E-state index contributed by atoms with van der Waals surface area (Å²) in [5.41, 5.74) is 1.01. The minimum atomic E-state index is -0.139. The van der Waals surface area contributed by atoms with E-state index in [-0.39, 0.29) is 11.7 Å². The summed E-state index contributed by atoms with van der Waals surface area (Å²) in [6.07, 6.45) is 3.97. The molecule has 1 atom stereocenters. The number of hydrogen-bond donors (Lipinski definition) is 0. The zero-order valence-corrected chi connectivity index (χ0v) is 12.6. The fraction of sp³-hybridized carbons (Fsp3) is 0.529. The monoisotopic (exact) mass is 262 g/mol. The number of unbranched alkanes of at least 4 members (excludes halogenated alkanes) is 1. The van der Waals surface area contributed by atoms with E-state index >= 15 is 0 Å². The van der Waals surface area contributed by atoms with Crippen LogP contribution in [0.1, 0.15) is 52.2 Å². The first kappa shape index (κ1) is 15.8. The van der Waals surface area contributed by atoms with Gasteiger partial charge in [-0.1, -0.05) is 18.2 Å². The molecule has 0 saturated heterocycles. The van der Waals surface area contributed by atoms with Gasteiger partial charge in [-0.2, -0.15) is 0 Å². The molecule has 2 nitrogen and oxygen atoms in total. The molecule has 0 heterocycles. The highest BCUT2D eigenvalue weighted by Crippen LogP contribution is 2.26. The van der Waals surface area contributed by atoms with Crippen LogP contribution in [0.3, 0.4) is 0 Å². The summed E-state index contributed by atoms with van der Waals surface area (Å²) in [6, 6.07) is 8.14. The van der Waals surface area contributed by atoms with Crippen LogP contribution in [0.5, 0.6) is 5.75 Å². The van der Waals surface area contributed by atoms with Gasteiger partial charge in [0, 0.05) is 0 Å². The second-order valence-electron chi connectivity index (χ2n) is 5.72. The van der Waals surface area contributed by atoms with E-state index in [0.717, 1.165) is 30.8 Å². The number of allylic oxidation sites excluding steroid dienone is 1. The third kappa shape index (κ3) is 6.44. The summed E-state index contributed by atoms with van der Waals surface area (Å²) in [7, 11) is 0. The predicted octanol–water partition coefficient (Wildman–Crippen LogP) is 4.91. The Morgan fingerprint density at radius 2 is 2.05 bits per heavy atom. The summed E-state index contributed by atoms with van der Waals surface area (Å²) in [5.74, 6) is 0.908. The molecule has 0 N–H and O–H groups in total. The lowest BCUT2D eigenvalue weighted by atomic mass is 10.1. The highest BCUT2D eigenvalue weighted by Gasteiger charge is 2.16. The molecule has 0 amide bonds. The van der Waals surface area contributed by atoms with Gasteiger partial charge in [0.25, 0.3) is 0 Å². The zero-order chi connectivity index (χ0) is 14.3. The van der Waals surface area contributed by atoms with Gasteiger partial charge in [-0.25, -0.2) is 0 Å². The summed E-state index contributed by atoms with van der Waals surface area (Å²) in [5, 5.41) is 0. The van der Waals surface area contributed by atoms with Crippen LogP contribution >= 0.6 is 0 Å². The topological polar surface area (TPSA) is 18.5 Å². The van der Waals surface area contributed by atoms with Gasteiger partial charge in [-0.05, 0) is 58.2 Å². The van der Waals surface area contributed by atoms with Crippen LogP contribution in [0.15, 0.2) is 36.9 Å². The molecule has 0 aromatic heterocycles. The van der Waals surface area contributed by atoms with Crippen LogP contribution in [0.4, 0.5) is 0 Å². The minimum Gasteiger partial charge on any atom is -0.494 e. The molecular weight excluding hydrogens is 236 g/mol. The van der Waals surface area contributed by atoms with Crippen LogP contribution in [0.25, 0.3) is 0 Å². The normalized spacial score (nSPS) is 13.1. The van der Waals surface area contributed by atoms with E-state index in [1.807, 2.05) is 18.2 Å². The Morgan fingerprint density at radius 1 is 1.32 bits per heavy atom. The van der Waals surface area contributed by atoms with E-state index in [9.17, 15) is 0 Å². The third-order valence-corrected chi connectivity index (χ3v) is 2.68. The molecule has 0 fully saturated rings. The van der Waals surface area contributed by atoms with Gasteiger partial charge in [-0.15, -0.1) is 6.58 Å². The van der Waals surface area contributed by atoms with Crippen LogP contribution in [0.2, 0.25) is 0 Å². The Labute approximate surface area is 117 Å². The van der Waals surface area contributed by atoms with Gasteiger partial charge in [0.05, 0.1) is 18.3 Å². The highest BCUT2D eigenvalue weighted by atomic mass is 16.5. The Kier molecular flexibility index (Phi) is 6.10. The Balaban J connectivity index is 2.58. The summed E-state index contributed by atoms with van der Waals surface area (Å²) >= 11 is 0. The van der Waals surface area contributed by atoms with E-state index < -0.39 is 0 Å². The van der Waals surface area contributed by atoms with Crippen molar-refractivity contribution in [2.45, 2.75) is 52.2 Å². The molecule has 1 rings (SSSR count). The lowest BCUT2D eigenvalue weighted by Crippen LogP contribution is -2.21. The van der Waals surface area contributed by atoms with Crippen molar-refractivity contribution in [1.29, 1.82) is 0 Å². The van der Waals surface area contributed by atoms with Crippen molar-refractivity contribution in [2.75, 3.05) is 6.61 Å². The summed E-state index contributed by atoms with van der Waals surface area (Å²) in [4.78, 5) is 0. The fourth-order valence-corrected chi connectivity index (χ4v) is 1.87. The average Bonchev–Trinajstić information content (AvgIpc) is 2.33. The first-order valence-electron chi connectivity index (χ1n) is 6.94. The van der Waals surface area contributed by atoms with Crippen molar-refractivity contribution in [3.05, 3.63) is 42.5 Å². The summed E-state index contributed by atoms with van der Waals surface area (Å²) < 4.78 is 11.7. The molecule has 0 radical (unpaired) electrons. The second kappa shape index (κ2) is 7.34. The first-order chi connectivity index (χ1) is 8.92. The van der Waals surface area contributed by atoms with Gasteiger partial charge >= 0.3 is 0 Å². The molecule has 0 aliphatic rings. The lowest BCUT2D eigenvalue weighted by Gasteiger charge is -2.25. The largest absolute Gasteiger partial charge is 0.494 e. The van der Waals surface area contributed by atoms with E-state index in [1.54, 1.807) is 0 Å². The quantitative estimate of drug-likeness (QED) is 0.513. The molecule has 0 saturated carbocycles. The molecule has 1 aromatic carbocycles. The molecule has 1 unspecified atom stereocenters. The molecular formula is C17H26O2. The zero-order valence-electron chi connectivity index (χ0n) is 12.6. The molecule has 106 valence electrons. The second-order valence-corrected chi connectivity index (χ2v) is 5.72. The Bertz CT molecular complexity index is 390. The molecule has 0 aliphatic heterocycles. The van der Waals surface area contributed by atoms with Crippen molar-refractivity contribution < 1.29 is 9.47 Å². The first-order valence-corrected chi connectivity index (χ1v) is 6.94. The Hall–Kier alpha value is -1.28. The van der Waals surface area contributed by atoms with E-state index in [4.69, 9.17) is 9.47 Å². The van der Waals surface area contributed by atoms with Crippen LogP contribution in [-0.2, 0) is 4.74 Å². The highest BCUT2D eigenvalue weighted by molar-refractivity contribution is 5.29. The van der Waals surface area contributed by atoms with Gasteiger partial charge in [0.2, 0.25) is 0 Å². The van der Waals surface area contributed by atoms with Crippen LogP contribution < -0.4 is 4.74 Å². The van der Waals surface area contributed by atoms with E-state index in [0.29, 0.717) is 0 Å². The SMILES string of the molecule is C=CCCCOc1cccc(C(C)OC(C)(C)C)c1. The maximum Gasteiger partial charge on any atom is 0.119 e. The van der Waals surface area contributed by atoms with Crippen molar-refractivity contribution in [3.63, 3.8) is 0 Å². The van der Waals surface area contributed by atoms with Crippen molar-refractivity contribution in [2.24, 2.45) is 0 Å². The van der Waals surface area contributed by atoms with Crippen molar-refractivity contribution in [3.8, 4) is 5.75 Å². The van der Waals surface area contributed by atoms with Crippen molar-refractivity contribution >= 4 is 0 Å². The van der Waals surface area contributed by atoms with E-state index in [2.05, 4.69) is 46.4 Å². The van der Waals surface area contributed by atoms with Crippen LogP contribution in [-0.4, -0.2) is 12.2 Å². The molecule has 19 heavy (non-hydrogen) atoms. The van der Waals surface area contributed by atoms with Gasteiger partial charge in [0.15, 0.2) is 0 Å². The van der Waals surface area contributed by atoms with Gasteiger partial charge in [-0.3, -0.25) is 0 Å². The lowest BCUT2D eigenvalue weighted by molar-refractivity contribution is -0.0530. The number of rotatable bonds is 7. The molecule has 1 aromatic rings. The molecule has 0 spiro atoms. The minimum absolute atomic E-state index is 0.0664. The summed E-state index contributed by atoms with van der Waals surface area (Å²) in [6.45, 7) is 12.7. The van der Waals surface area contributed by atoms with Gasteiger partial charge < -0.3 is 9.47 Å². The average molecular weight is 262 g/mol. The van der Waals surface area contributed by atoms with E-state index in [1.165, 1.54) is 0 Å². The molecule has 0 bridgehead atoms. The smallest absolute Gasteiger partial charge is 0.119 e. The third-order valence-electron chi connectivity index (χ3n) is 2.68. The number of ether oxygens (including phenoxy) is 2. The molecule has 2 heteroatoms. The Morgan fingerprint density at radius 3 is 2.68 bits per heavy atom. The fourth-order valence-electron chi connectivity index (χ4n) is 1.87. The molecule has 0 aliphatic carbocycles. The van der Waals surface area contributed by atoms with Gasteiger partial charge in [0.1, 0.15) is 5.75 Å². The maximum absolute atomic E-state index is 5.95. The predicted molar refractivity (Wildman–Crippen MR) is 80.6 cm³/mol. The van der Waals surface area contributed by atoms with Crippen LogP contribution in [0, 0.1) is 0 Å². The number of hydrogen-bond acceptors (Lipinski definition) is 2. The van der Waals surface area contributed by atoms with Crippen molar-refractivity contribution in [1.82, 2.24) is 0 Å². The maximum atomic E-state index is 5.95. The standard InChI is InChI=1S/C17H26O2/c1-6-7-8-12-18-16-11-9-10-15(13-16)14(2)19-17(3,4)5/h6,9-11,13-14H,1,7-8,12H2,2-5H3.